The van der Waals surface area contributed by atoms with Crippen LogP contribution in [0.15, 0.2) is 40.8 Å². The molecule has 0 aromatic carbocycles. The lowest BCUT2D eigenvalue weighted by molar-refractivity contribution is -0.120. The van der Waals surface area contributed by atoms with Gasteiger partial charge in [0.1, 0.15) is 30.5 Å². The summed E-state index contributed by atoms with van der Waals surface area (Å²) in [6.07, 6.45) is 5.52. The highest BCUT2D eigenvalue weighted by Crippen LogP contribution is 2.24. The first-order valence-corrected chi connectivity index (χ1v) is 7.65. The second-order valence-corrected chi connectivity index (χ2v) is 5.65. The van der Waals surface area contributed by atoms with Crippen molar-refractivity contribution in [2.75, 3.05) is 23.3 Å². The molecule has 0 spiro atoms. The molecule has 12 nitrogen and oxygen atoms in total. The van der Waals surface area contributed by atoms with Crippen LogP contribution in [0.25, 0.3) is 5.82 Å². The molecule has 3 aromatic heterocycles. The molecule has 1 amide bonds. The number of carbonyl (C=O) groups is 1. The largest absolute Gasteiger partial charge is 0.355 e. The van der Waals surface area contributed by atoms with Crippen molar-refractivity contribution in [1.82, 2.24) is 34.7 Å². The Hall–Kier alpha value is -3.83. The number of nitrogens with one attached hydrogen (secondary N) is 3. The van der Waals surface area contributed by atoms with Gasteiger partial charge < -0.3 is 15.2 Å². The summed E-state index contributed by atoms with van der Waals surface area (Å²) in [5, 5.41) is 6.52. The third-order valence-corrected chi connectivity index (χ3v) is 3.95. The Morgan fingerprint density at radius 3 is 2.73 bits per heavy atom. The van der Waals surface area contributed by atoms with E-state index in [0.29, 0.717) is 24.7 Å². The predicted molar refractivity (Wildman–Crippen MR) is 89.0 cm³/mol. The Labute approximate surface area is 144 Å². The highest BCUT2D eigenvalue weighted by atomic mass is 16.2. The van der Waals surface area contributed by atoms with Crippen LogP contribution in [0, 0.1) is 5.92 Å². The fourth-order valence-electron chi connectivity index (χ4n) is 2.53. The Balaban J connectivity index is 1.41. The molecule has 1 aliphatic rings. The summed E-state index contributed by atoms with van der Waals surface area (Å²) in [5.41, 5.74) is -1.27. The van der Waals surface area contributed by atoms with E-state index in [1.54, 1.807) is 6.07 Å². The molecule has 1 aliphatic heterocycles. The van der Waals surface area contributed by atoms with Crippen LogP contribution in [0.1, 0.15) is 0 Å². The lowest BCUT2D eigenvalue weighted by Gasteiger charge is -2.38. The first-order chi connectivity index (χ1) is 12.6. The summed E-state index contributed by atoms with van der Waals surface area (Å²) < 4.78 is 1.51. The standard InChI is InChI=1S/C14H13N9O3/c24-12(20-9-2-16-14(26)21-13(9)25)8-3-22(4-8)10-1-11(18-6-17-10)23-7-15-5-19-23/h1-2,5-8H,3-4H2,(H,20,24)(H2,16,21,25,26). The van der Waals surface area contributed by atoms with Gasteiger partial charge in [0.25, 0.3) is 5.56 Å². The van der Waals surface area contributed by atoms with Crippen molar-refractivity contribution in [1.29, 1.82) is 0 Å². The number of carbonyl (C=O) groups excluding carboxylic acids is 1. The monoisotopic (exact) mass is 355 g/mol. The van der Waals surface area contributed by atoms with Gasteiger partial charge in [-0.1, -0.05) is 0 Å². The zero-order chi connectivity index (χ0) is 18.1. The van der Waals surface area contributed by atoms with E-state index in [0.717, 1.165) is 0 Å². The molecule has 0 unspecified atom stereocenters. The number of hydrogen-bond donors (Lipinski definition) is 3. The van der Waals surface area contributed by atoms with E-state index in [9.17, 15) is 14.4 Å². The molecule has 4 rings (SSSR count). The van der Waals surface area contributed by atoms with Crippen molar-refractivity contribution in [2.45, 2.75) is 0 Å². The number of H-pyrrole nitrogens is 2. The molecule has 26 heavy (non-hydrogen) atoms. The van der Waals surface area contributed by atoms with Gasteiger partial charge in [-0.15, -0.1) is 0 Å². The normalized spacial score (nSPS) is 14.1. The fourth-order valence-corrected chi connectivity index (χ4v) is 2.53. The molecule has 0 aliphatic carbocycles. The Kier molecular flexibility index (Phi) is 3.76. The summed E-state index contributed by atoms with van der Waals surface area (Å²) in [7, 11) is 0. The quantitative estimate of drug-likeness (QED) is 0.511. The maximum Gasteiger partial charge on any atom is 0.325 e. The van der Waals surface area contributed by atoms with Crippen LogP contribution in [-0.4, -0.2) is 53.7 Å². The predicted octanol–water partition coefficient (Wildman–Crippen LogP) is -1.49. The van der Waals surface area contributed by atoms with E-state index in [2.05, 4.69) is 35.3 Å². The molecule has 3 aromatic rings. The van der Waals surface area contributed by atoms with E-state index in [1.165, 1.54) is 29.9 Å². The Morgan fingerprint density at radius 1 is 1.19 bits per heavy atom. The molecule has 0 radical (unpaired) electrons. The summed E-state index contributed by atoms with van der Waals surface area (Å²) >= 11 is 0. The maximum absolute atomic E-state index is 12.2. The van der Waals surface area contributed by atoms with Crippen LogP contribution in [0.3, 0.4) is 0 Å². The molecule has 1 saturated heterocycles. The average molecular weight is 355 g/mol. The lowest BCUT2D eigenvalue weighted by Crippen LogP contribution is -2.52. The zero-order valence-electron chi connectivity index (χ0n) is 13.3. The lowest BCUT2D eigenvalue weighted by atomic mass is 9.99. The molecule has 132 valence electrons. The van der Waals surface area contributed by atoms with Crippen molar-refractivity contribution in [3.05, 3.63) is 52.1 Å². The van der Waals surface area contributed by atoms with Crippen LogP contribution in [0.5, 0.6) is 0 Å². The van der Waals surface area contributed by atoms with Gasteiger partial charge in [0, 0.05) is 25.4 Å². The highest BCUT2D eigenvalue weighted by molar-refractivity contribution is 5.94. The number of aromatic amines is 2. The molecule has 12 heteroatoms. The van der Waals surface area contributed by atoms with Crippen molar-refractivity contribution in [2.24, 2.45) is 5.92 Å². The number of rotatable bonds is 4. The number of hydrogen-bond acceptors (Lipinski definition) is 8. The molecule has 4 heterocycles. The van der Waals surface area contributed by atoms with Gasteiger partial charge in [0.2, 0.25) is 5.91 Å². The minimum absolute atomic E-state index is 0.00329. The van der Waals surface area contributed by atoms with Gasteiger partial charge in [0.05, 0.1) is 5.92 Å². The van der Waals surface area contributed by atoms with E-state index >= 15 is 0 Å². The second kappa shape index (κ2) is 6.23. The third-order valence-electron chi connectivity index (χ3n) is 3.95. The molecule has 1 fully saturated rings. The molecule has 3 N–H and O–H groups in total. The molecular weight excluding hydrogens is 342 g/mol. The van der Waals surface area contributed by atoms with Crippen molar-refractivity contribution < 1.29 is 4.79 Å². The summed E-state index contributed by atoms with van der Waals surface area (Å²) in [4.78, 5) is 53.3. The second-order valence-electron chi connectivity index (χ2n) is 5.65. The van der Waals surface area contributed by atoms with Crippen LogP contribution < -0.4 is 21.5 Å². The number of nitrogens with zero attached hydrogens (tertiary/aromatic N) is 6. The van der Waals surface area contributed by atoms with Gasteiger partial charge in [0.15, 0.2) is 5.82 Å². The third kappa shape index (κ3) is 2.94. The van der Waals surface area contributed by atoms with E-state index in [4.69, 9.17) is 0 Å². The van der Waals surface area contributed by atoms with Crippen LogP contribution in [-0.2, 0) is 4.79 Å². The average Bonchev–Trinajstić information content (AvgIpc) is 3.11. The fraction of sp³-hybridized carbons (Fsp3) is 0.214. The SMILES string of the molecule is O=C(Nc1c[nH]c(=O)[nH]c1=O)C1CN(c2cc(-n3cncn3)ncn2)C1. The van der Waals surface area contributed by atoms with Crippen molar-refractivity contribution in [3.8, 4) is 5.82 Å². The number of anilines is 2. The van der Waals surface area contributed by atoms with Crippen molar-refractivity contribution in [3.63, 3.8) is 0 Å². The van der Waals surface area contributed by atoms with Gasteiger partial charge >= 0.3 is 5.69 Å². The highest BCUT2D eigenvalue weighted by Gasteiger charge is 2.34. The van der Waals surface area contributed by atoms with E-state index < -0.39 is 11.2 Å². The molecular formula is C14H13N9O3. The number of aromatic nitrogens is 7. The smallest absolute Gasteiger partial charge is 0.325 e. The van der Waals surface area contributed by atoms with Crippen LogP contribution >= 0.6 is 0 Å². The Morgan fingerprint density at radius 2 is 2.00 bits per heavy atom. The summed E-state index contributed by atoms with van der Waals surface area (Å²) in [6.45, 7) is 0.891. The van der Waals surface area contributed by atoms with Gasteiger partial charge in [-0.3, -0.25) is 14.6 Å². The molecule has 0 bridgehead atoms. The minimum Gasteiger partial charge on any atom is -0.355 e. The van der Waals surface area contributed by atoms with Crippen molar-refractivity contribution >= 4 is 17.4 Å². The minimum atomic E-state index is -0.647. The number of amides is 1. The van der Waals surface area contributed by atoms with Crippen LogP contribution in [0.2, 0.25) is 0 Å². The molecule has 0 atom stereocenters. The summed E-state index contributed by atoms with van der Waals surface area (Å²) in [6, 6.07) is 1.75. The van der Waals surface area contributed by atoms with Gasteiger partial charge in [-0.2, -0.15) is 5.10 Å². The summed E-state index contributed by atoms with van der Waals surface area (Å²) in [5.74, 6) is 0.632. The van der Waals surface area contributed by atoms with E-state index in [1.807, 2.05) is 4.90 Å². The first-order valence-electron chi connectivity index (χ1n) is 7.65. The zero-order valence-corrected chi connectivity index (χ0v) is 13.3. The molecule has 0 saturated carbocycles. The van der Waals surface area contributed by atoms with Gasteiger partial charge in [-0.25, -0.2) is 24.4 Å². The maximum atomic E-state index is 12.2. The van der Waals surface area contributed by atoms with Crippen LogP contribution in [0.4, 0.5) is 11.5 Å². The van der Waals surface area contributed by atoms with E-state index in [-0.39, 0.29) is 17.5 Å². The topological polar surface area (TPSA) is 155 Å². The Bertz CT molecular complexity index is 1050. The van der Waals surface area contributed by atoms with Gasteiger partial charge in [-0.05, 0) is 0 Å². The first kappa shape index (κ1) is 15.7.